The van der Waals surface area contributed by atoms with E-state index in [1.807, 2.05) is 6.92 Å². The molecule has 0 spiro atoms. The van der Waals surface area contributed by atoms with Gasteiger partial charge >= 0.3 is 0 Å². The number of anilines is 1. The van der Waals surface area contributed by atoms with Gasteiger partial charge in [-0.05, 0) is 25.1 Å². The Morgan fingerprint density at radius 2 is 2.15 bits per heavy atom. The van der Waals surface area contributed by atoms with Gasteiger partial charge in [0.1, 0.15) is 17.0 Å². The number of aromatic amines is 1. The lowest BCUT2D eigenvalue weighted by molar-refractivity contribution is 0.0985. The molecule has 1 atom stereocenters. The first-order valence-corrected chi connectivity index (χ1v) is 10.2. The first-order valence-electron chi connectivity index (χ1n) is 8.29. The highest BCUT2D eigenvalue weighted by atomic mass is 32.2. The van der Waals surface area contributed by atoms with Gasteiger partial charge < -0.3 is 9.64 Å². The number of nitrogens with one attached hydrogen (secondary N) is 1. The maximum atomic E-state index is 12.4. The fourth-order valence-electron chi connectivity index (χ4n) is 3.21. The Balaban J connectivity index is 2.01. The smallest absolute Gasteiger partial charge is 0.176 e. The molecule has 0 bridgehead atoms. The number of hydrogen-bond acceptors (Lipinski definition) is 7. The van der Waals surface area contributed by atoms with Crippen molar-refractivity contribution in [2.24, 2.45) is 0 Å². The number of aromatic nitrogens is 4. The van der Waals surface area contributed by atoms with Gasteiger partial charge in [-0.25, -0.2) is 13.4 Å². The topological polar surface area (TPSA) is 101 Å². The Labute approximate surface area is 151 Å². The average Bonchev–Trinajstić information content (AvgIpc) is 3.14. The average molecular weight is 373 g/mol. The molecule has 1 aliphatic rings. The molecular weight excluding hydrogens is 354 g/mol. The zero-order valence-corrected chi connectivity index (χ0v) is 15.3. The molecule has 9 heteroatoms. The fraction of sp³-hybridized carbons (Fsp3) is 0.353. The third-order valence-electron chi connectivity index (χ3n) is 4.49. The van der Waals surface area contributed by atoms with Crippen LogP contribution in [0, 0.1) is 0 Å². The van der Waals surface area contributed by atoms with Gasteiger partial charge in [-0.3, -0.25) is 10.1 Å². The van der Waals surface area contributed by atoms with Crippen molar-refractivity contribution in [2.75, 3.05) is 30.9 Å². The minimum Gasteiger partial charge on any atom is -0.377 e. The second-order valence-corrected chi connectivity index (χ2v) is 8.38. The van der Waals surface area contributed by atoms with E-state index < -0.39 is 9.84 Å². The zero-order valence-electron chi connectivity index (χ0n) is 14.5. The van der Waals surface area contributed by atoms with Crippen molar-refractivity contribution in [3.05, 3.63) is 30.6 Å². The van der Waals surface area contributed by atoms with E-state index in [1.165, 1.54) is 6.26 Å². The molecule has 1 fully saturated rings. The van der Waals surface area contributed by atoms with E-state index in [-0.39, 0.29) is 10.9 Å². The van der Waals surface area contributed by atoms with E-state index in [0.29, 0.717) is 47.9 Å². The van der Waals surface area contributed by atoms with E-state index in [1.54, 1.807) is 30.6 Å². The van der Waals surface area contributed by atoms with E-state index >= 15 is 0 Å². The molecule has 4 rings (SSSR count). The van der Waals surface area contributed by atoms with Gasteiger partial charge in [0.15, 0.2) is 9.84 Å². The van der Waals surface area contributed by atoms with Crippen LogP contribution in [-0.2, 0) is 14.6 Å². The maximum Gasteiger partial charge on any atom is 0.176 e. The molecular formula is C17H19N5O3S. The van der Waals surface area contributed by atoms with E-state index in [4.69, 9.17) is 9.72 Å². The number of rotatable bonds is 3. The molecule has 0 unspecified atom stereocenters. The van der Waals surface area contributed by atoms with Gasteiger partial charge in [0.25, 0.3) is 0 Å². The number of ether oxygens (including phenoxy) is 1. The highest BCUT2D eigenvalue weighted by molar-refractivity contribution is 7.91. The van der Waals surface area contributed by atoms with Crippen molar-refractivity contribution in [1.29, 1.82) is 0 Å². The summed E-state index contributed by atoms with van der Waals surface area (Å²) >= 11 is 0. The zero-order chi connectivity index (χ0) is 18.3. The number of fused-ring (bicyclic) bond motifs is 1. The SMILES string of the molecule is C[C@@H]1COCCN1c1cc(S(C)(=O)=O)c2ccnc(-c3ccn[nH]3)c2n1. The molecule has 1 N–H and O–H groups in total. The van der Waals surface area contributed by atoms with Crippen molar-refractivity contribution in [1.82, 2.24) is 20.2 Å². The van der Waals surface area contributed by atoms with E-state index in [0.717, 1.165) is 0 Å². The summed E-state index contributed by atoms with van der Waals surface area (Å²) in [6, 6.07) is 5.22. The fourth-order valence-corrected chi connectivity index (χ4v) is 4.10. The van der Waals surface area contributed by atoms with Crippen LogP contribution in [0.2, 0.25) is 0 Å². The number of nitrogens with zero attached hydrogens (tertiary/aromatic N) is 4. The molecule has 0 aromatic carbocycles. The van der Waals surface area contributed by atoms with Crippen LogP contribution in [-0.4, -0.2) is 60.6 Å². The minimum absolute atomic E-state index is 0.105. The summed E-state index contributed by atoms with van der Waals surface area (Å²) in [5, 5.41) is 7.39. The quantitative estimate of drug-likeness (QED) is 0.745. The first-order chi connectivity index (χ1) is 12.4. The lowest BCUT2D eigenvalue weighted by Gasteiger charge is -2.34. The third kappa shape index (κ3) is 2.93. The Morgan fingerprint density at radius 3 is 2.85 bits per heavy atom. The molecule has 0 saturated carbocycles. The summed E-state index contributed by atoms with van der Waals surface area (Å²) in [5.74, 6) is 0.613. The molecule has 3 aromatic heterocycles. The van der Waals surface area contributed by atoms with Crippen LogP contribution < -0.4 is 4.90 Å². The van der Waals surface area contributed by atoms with Crippen molar-refractivity contribution in [2.45, 2.75) is 17.9 Å². The molecule has 0 amide bonds. The summed E-state index contributed by atoms with van der Waals surface area (Å²) in [7, 11) is -3.45. The van der Waals surface area contributed by atoms with Gasteiger partial charge in [0.05, 0.1) is 29.8 Å². The summed E-state index contributed by atoms with van der Waals surface area (Å²) in [6.45, 7) is 3.85. The minimum atomic E-state index is -3.45. The largest absolute Gasteiger partial charge is 0.377 e. The van der Waals surface area contributed by atoms with Crippen LogP contribution in [0.4, 0.5) is 5.82 Å². The summed E-state index contributed by atoms with van der Waals surface area (Å²) in [6.07, 6.45) is 4.43. The molecule has 1 saturated heterocycles. The van der Waals surface area contributed by atoms with Gasteiger partial charge in [-0.1, -0.05) is 0 Å². The first kappa shape index (κ1) is 16.9. The number of morpholine rings is 1. The van der Waals surface area contributed by atoms with E-state index in [2.05, 4.69) is 20.1 Å². The van der Waals surface area contributed by atoms with Gasteiger partial charge in [-0.2, -0.15) is 5.10 Å². The summed E-state index contributed by atoms with van der Waals surface area (Å²) in [4.78, 5) is 11.5. The number of sulfone groups is 1. The van der Waals surface area contributed by atoms with Crippen LogP contribution in [0.25, 0.3) is 22.3 Å². The molecule has 3 aromatic rings. The third-order valence-corrected chi connectivity index (χ3v) is 5.63. The second-order valence-electron chi connectivity index (χ2n) is 6.39. The van der Waals surface area contributed by atoms with Crippen LogP contribution >= 0.6 is 0 Å². The predicted octanol–water partition coefficient (Wildman–Crippen LogP) is 1.65. The van der Waals surface area contributed by atoms with Crippen molar-refractivity contribution in [3.63, 3.8) is 0 Å². The normalized spacial score (nSPS) is 18.4. The van der Waals surface area contributed by atoms with Crippen LogP contribution in [0.15, 0.2) is 35.5 Å². The van der Waals surface area contributed by atoms with Crippen LogP contribution in [0.5, 0.6) is 0 Å². The predicted molar refractivity (Wildman–Crippen MR) is 97.9 cm³/mol. The molecule has 136 valence electrons. The van der Waals surface area contributed by atoms with Crippen LogP contribution in [0.1, 0.15) is 6.92 Å². The second kappa shape index (κ2) is 6.33. The number of hydrogen-bond donors (Lipinski definition) is 1. The highest BCUT2D eigenvalue weighted by Gasteiger charge is 2.24. The lowest BCUT2D eigenvalue weighted by atomic mass is 10.1. The van der Waals surface area contributed by atoms with Gasteiger partial charge in [0, 0.05) is 30.6 Å². The molecule has 0 aliphatic carbocycles. The van der Waals surface area contributed by atoms with Crippen molar-refractivity contribution < 1.29 is 13.2 Å². The Morgan fingerprint density at radius 1 is 1.31 bits per heavy atom. The van der Waals surface area contributed by atoms with Crippen LogP contribution in [0.3, 0.4) is 0 Å². The Bertz CT molecular complexity index is 1050. The highest BCUT2D eigenvalue weighted by Crippen LogP contribution is 2.32. The van der Waals surface area contributed by atoms with Crippen molar-refractivity contribution >= 4 is 26.6 Å². The molecule has 26 heavy (non-hydrogen) atoms. The van der Waals surface area contributed by atoms with Gasteiger partial charge in [-0.15, -0.1) is 0 Å². The summed E-state index contributed by atoms with van der Waals surface area (Å²) in [5.41, 5.74) is 1.80. The molecule has 4 heterocycles. The van der Waals surface area contributed by atoms with Gasteiger partial charge in [0.2, 0.25) is 0 Å². The summed E-state index contributed by atoms with van der Waals surface area (Å²) < 4.78 is 30.4. The monoisotopic (exact) mass is 373 g/mol. The molecule has 8 nitrogen and oxygen atoms in total. The maximum absolute atomic E-state index is 12.4. The number of pyridine rings is 2. The molecule has 1 aliphatic heterocycles. The Kier molecular flexibility index (Phi) is 4.12. The standard InChI is InChI=1S/C17H19N5O3S/c1-11-10-25-8-7-22(11)15-9-14(26(2,23)24)12-3-5-18-17(16(12)20-15)13-4-6-19-21-13/h3-6,9,11H,7-8,10H2,1-2H3,(H,19,21)/t11-/m1/s1. The Hall–Kier alpha value is -2.52. The van der Waals surface area contributed by atoms with E-state index in [9.17, 15) is 8.42 Å². The number of H-pyrrole nitrogens is 1. The van der Waals surface area contributed by atoms with Crippen molar-refractivity contribution in [3.8, 4) is 11.4 Å². The molecule has 0 radical (unpaired) electrons. The lowest BCUT2D eigenvalue weighted by Crippen LogP contribution is -2.44.